The van der Waals surface area contributed by atoms with E-state index in [1.807, 2.05) is 72.8 Å². The molecule has 4 N–H and O–H groups in total. The number of benzene rings is 4. The lowest BCUT2D eigenvalue weighted by atomic mass is 10.1. The zero-order valence-electron chi connectivity index (χ0n) is 15.0. The van der Waals surface area contributed by atoms with Crippen LogP contribution in [0.2, 0.25) is 0 Å². The summed E-state index contributed by atoms with van der Waals surface area (Å²) in [5.41, 5.74) is 13.2. The second-order valence-electron chi connectivity index (χ2n) is 6.59. The molecule has 4 nitrogen and oxygen atoms in total. The Morgan fingerprint density at radius 3 is 1.41 bits per heavy atom. The maximum atomic E-state index is 5.84. The first-order valence-electron chi connectivity index (χ1n) is 9.02. The molecular formula is C23H22N2O2. The predicted octanol–water partition coefficient (Wildman–Crippen LogP) is 5.01. The predicted molar refractivity (Wildman–Crippen MR) is 112 cm³/mol. The summed E-state index contributed by atoms with van der Waals surface area (Å²) < 4.78 is 11.7. The smallest absolute Gasteiger partial charge is 0.119 e. The fourth-order valence-electron chi connectivity index (χ4n) is 3.10. The van der Waals surface area contributed by atoms with Crippen LogP contribution in [0.25, 0.3) is 21.5 Å². The SMILES string of the molecule is Nc1ccc2cc(OCCCOc3ccc4cc(N)ccc4c3)ccc2c1. The van der Waals surface area contributed by atoms with E-state index in [2.05, 4.69) is 0 Å². The van der Waals surface area contributed by atoms with Crippen molar-refractivity contribution in [1.82, 2.24) is 0 Å². The Hall–Kier alpha value is -3.40. The van der Waals surface area contributed by atoms with Crippen LogP contribution in [0.3, 0.4) is 0 Å². The number of fused-ring (bicyclic) bond motifs is 2. The van der Waals surface area contributed by atoms with Crippen molar-refractivity contribution in [3.8, 4) is 11.5 Å². The van der Waals surface area contributed by atoms with Crippen molar-refractivity contribution in [1.29, 1.82) is 0 Å². The molecule has 0 spiro atoms. The molecule has 4 heteroatoms. The molecule has 0 aliphatic rings. The first kappa shape index (κ1) is 17.0. The molecule has 4 rings (SSSR count). The van der Waals surface area contributed by atoms with Gasteiger partial charge in [-0.15, -0.1) is 0 Å². The molecule has 0 atom stereocenters. The molecular weight excluding hydrogens is 336 g/mol. The summed E-state index contributed by atoms with van der Waals surface area (Å²) >= 11 is 0. The minimum Gasteiger partial charge on any atom is -0.493 e. The van der Waals surface area contributed by atoms with Gasteiger partial charge >= 0.3 is 0 Å². The van der Waals surface area contributed by atoms with Gasteiger partial charge in [0.25, 0.3) is 0 Å². The summed E-state index contributed by atoms with van der Waals surface area (Å²) in [6.07, 6.45) is 0.805. The van der Waals surface area contributed by atoms with Gasteiger partial charge in [-0.1, -0.05) is 24.3 Å². The van der Waals surface area contributed by atoms with Gasteiger partial charge in [0, 0.05) is 17.8 Å². The molecule has 0 amide bonds. The van der Waals surface area contributed by atoms with Gasteiger partial charge in [-0.3, -0.25) is 0 Å². The van der Waals surface area contributed by atoms with Crippen molar-refractivity contribution in [3.05, 3.63) is 72.8 Å². The van der Waals surface area contributed by atoms with Crippen molar-refractivity contribution in [2.45, 2.75) is 6.42 Å². The van der Waals surface area contributed by atoms with Crippen LogP contribution >= 0.6 is 0 Å². The number of hydrogen-bond donors (Lipinski definition) is 2. The lowest BCUT2D eigenvalue weighted by molar-refractivity contribution is 0.248. The standard InChI is InChI=1S/C23H22N2O2/c24-20-6-2-18-14-22(8-4-16(18)12-20)26-10-1-11-27-23-9-5-17-13-21(25)7-3-19(17)15-23/h2-9,12-15H,1,10-11,24-25H2. The highest BCUT2D eigenvalue weighted by Crippen LogP contribution is 2.24. The maximum absolute atomic E-state index is 5.84. The van der Waals surface area contributed by atoms with E-state index in [1.54, 1.807) is 0 Å². The molecule has 0 aromatic heterocycles. The van der Waals surface area contributed by atoms with Gasteiger partial charge in [0.2, 0.25) is 0 Å². The normalized spacial score (nSPS) is 11.0. The van der Waals surface area contributed by atoms with Crippen LogP contribution in [0, 0.1) is 0 Å². The highest BCUT2D eigenvalue weighted by Gasteiger charge is 2.01. The van der Waals surface area contributed by atoms with Crippen LogP contribution in [-0.2, 0) is 0 Å². The van der Waals surface area contributed by atoms with Crippen molar-refractivity contribution < 1.29 is 9.47 Å². The average Bonchev–Trinajstić information content (AvgIpc) is 2.68. The molecule has 0 heterocycles. The van der Waals surface area contributed by atoms with Crippen LogP contribution < -0.4 is 20.9 Å². The fourth-order valence-corrected chi connectivity index (χ4v) is 3.10. The summed E-state index contributed by atoms with van der Waals surface area (Å²) in [7, 11) is 0. The molecule has 27 heavy (non-hydrogen) atoms. The van der Waals surface area contributed by atoms with E-state index < -0.39 is 0 Å². The molecule has 0 radical (unpaired) electrons. The molecule has 0 unspecified atom stereocenters. The number of nitrogen functional groups attached to an aromatic ring is 2. The maximum Gasteiger partial charge on any atom is 0.119 e. The third-order valence-corrected chi connectivity index (χ3v) is 4.50. The van der Waals surface area contributed by atoms with Gasteiger partial charge in [-0.05, 0) is 70.1 Å². The van der Waals surface area contributed by atoms with Gasteiger partial charge in [0.15, 0.2) is 0 Å². The van der Waals surface area contributed by atoms with E-state index in [9.17, 15) is 0 Å². The van der Waals surface area contributed by atoms with Crippen molar-refractivity contribution in [2.75, 3.05) is 24.7 Å². The summed E-state index contributed by atoms with van der Waals surface area (Å²) in [5.74, 6) is 1.71. The Balaban J connectivity index is 1.29. The highest BCUT2D eigenvalue weighted by molar-refractivity contribution is 5.87. The van der Waals surface area contributed by atoms with Crippen molar-refractivity contribution in [2.24, 2.45) is 0 Å². The molecule has 4 aromatic rings. The minimum absolute atomic E-state index is 0.602. The minimum atomic E-state index is 0.602. The van der Waals surface area contributed by atoms with E-state index in [0.29, 0.717) is 13.2 Å². The van der Waals surface area contributed by atoms with E-state index in [4.69, 9.17) is 20.9 Å². The Labute approximate surface area is 158 Å². The van der Waals surface area contributed by atoms with Crippen molar-refractivity contribution >= 4 is 32.9 Å². The van der Waals surface area contributed by atoms with E-state index in [-0.39, 0.29) is 0 Å². The third-order valence-electron chi connectivity index (χ3n) is 4.50. The van der Waals surface area contributed by atoms with Crippen molar-refractivity contribution in [3.63, 3.8) is 0 Å². The van der Waals surface area contributed by atoms with Crippen LogP contribution in [0.1, 0.15) is 6.42 Å². The molecule has 0 aliphatic carbocycles. The first-order chi connectivity index (χ1) is 13.2. The van der Waals surface area contributed by atoms with Gasteiger partial charge in [0.05, 0.1) is 13.2 Å². The summed E-state index contributed by atoms with van der Waals surface area (Å²) in [6, 6.07) is 23.8. The quantitative estimate of drug-likeness (QED) is 0.376. The second kappa shape index (κ2) is 7.46. The number of hydrogen-bond acceptors (Lipinski definition) is 4. The van der Waals surface area contributed by atoms with Crippen LogP contribution in [0.15, 0.2) is 72.8 Å². The number of rotatable bonds is 6. The zero-order chi connectivity index (χ0) is 18.6. The van der Waals surface area contributed by atoms with E-state index in [0.717, 1.165) is 50.8 Å². The Morgan fingerprint density at radius 2 is 0.926 bits per heavy atom. The summed E-state index contributed by atoms with van der Waals surface area (Å²) in [6.45, 7) is 1.20. The molecule has 0 bridgehead atoms. The van der Waals surface area contributed by atoms with E-state index in [1.165, 1.54) is 0 Å². The number of ether oxygens (including phenoxy) is 2. The number of nitrogens with two attached hydrogens (primary N) is 2. The average molecular weight is 358 g/mol. The van der Waals surface area contributed by atoms with Crippen LogP contribution in [0.4, 0.5) is 11.4 Å². The Kier molecular flexibility index (Phi) is 4.71. The van der Waals surface area contributed by atoms with Gasteiger partial charge in [-0.25, -0.2) is 0 Å². The summed E-state index contributed by atoms with van der Waals surface area (Å²) in [4.78, 5) is 0. The van der Waals surface area contributed by atoms with Crippen LogP contribution in [0.5, 0.6) is 11.5 Å². The van der Waals surface area contributed by atoms with Gasteiger partial charge in [-0.2, -0.15) is 0 Å². The topological polar surface area (TPSA) is 70.5 Å². The molecule has 0 fully saturated rings. The molecule has 4 aromatic carbocycles. The molecule has 0 aliphatic heterocycles. The highest BCUT2D eigenvalue weighted by atomic mass is 16.5. The molecule has 0 saturated heterocycles. The van der Waals surface area contributed by atoms with Crippen LogP contribution in [-0.4, -0.2) is 13.2 Å². The van der Waals surface area contributed by atoms with Gasteiger partial charge in [0.1, 0.15) is 11.5 Å². The third kappa shape index (κ3) is 4.06. The Bertz CT molecular complexity index is 1000. The first-order valence-corrected chi connectivity index (χ1v) is 9.02. The lowest BCUT2D eigenvalue weighted by Crippen LogP contribution is -2.05. The van der Waals surface area contributed by atoms with E-state index >= 15 is 0 Å². The summed E-state index contributed by atoms with van der Waals surface area (Å²) in [5, 5.41) is 4.47. The molecule has 0 saturated carbocycles. The lowest BCUT2D eigenvalue weighted by Gasteiger charge is -2.10. The Morgan fingerprint density at radius 1 is 0.519 bits per heavy atom. The largest absolute Gasteiger partial charge is 0.493 e. The van der Waals surface area contributed by atoms with Gasteiger partial charge < -0.3 is 20.9 Å². The zero-order valence-corrected chi connectivity index (χ0v) is 15.0. The monoisotopic (exact) mass is 358 g/mol. The number of anilines is 2. The fraction of sp³-hybridized carbons (Fsp3) is 0.130. The second-order valence-corrected chi connectivity index (χ2v) is 6.59. The molecule has 136 valence electrons.